The Labute approximate surface area is 79.4 Å². The highest BCUT2D eigenvalue weighted by Crippen LogP contribution is 2.19. The van der Waals surface area contributed by atoms with E-state index in [0.717, 1.165) is 0 Å². The van der Waals surface area contributed by atoms with E-state index in [0.29, 0.717) is 0 Å². The smallest absolute Gasteiger partial charge is 0.313 e. The van der Waals surface area contributed by atoms with Crippen LogP contribution in [0.5, 0.6) is 0 Å². The molecule has 0 aliphatic heterocycles. The van der Waals surface area contributed by atoms with E-state index in [1.54, 1.807) is 20.8 Å². The van der Waals surface area contributed by atoms with Gasteiger partial charge in [-0.3, -0.25) is 4.79 Å². The van der Waals surface area contributed by atoms with Gasteiger partial charge in [-0.25, -0.2) is 0 Å². The van der Waals surface area contributed by atoms with Gasteiger partial charge in [0.1, 0.15) is 0 Å². The van der Waals surface area contributed by atoms with Crippen LogP contribution in [0.1, 0.15) is 20.8 Å². The molecular formula is C6H10ClIO2. The number of rotatable bonds is 1. The number of hydrogen-bond acceptors (Lipinski definition) is 2. The molecule has 0 aliphatic carbocycles. The van der Waals surface area contributed by atoms with Gasteiger partial charge in [0.2, 0.25) is 3.57 Å². The lowest BCUT2D eigenvalue weighted by molar-refractivity contribution is -0.151. The Bertz CT molecular complexity index is 128. The lowest BCUT2D eigenvalue weighted by Crippen LogP contribution is -2.24. The van der Waals surface area contributed by atoms with Gasteiger partial charge < -0.3 is 4.74 Å². The molecule has 0 aromatic carbocycles. The summed E-state index contributed by atoms with van der Waals surface area (Å²) in [5.74, 6) is -0.276. The maximum absolute atomic E-state index is 11.0. The molecule has 0 spiro atoms. The van der Waals surface area contributed by atoms with Gasteiger partial charge in [0.05, 0.1) is 5.41 Å². The minimum Gasteiger partial charge on any atom is -0.436 e. The summed E-state index contributed by atoms with van der Waals surface area (Å²) < 4.78 is 4.16. The number of halogens is 2. The maximum Gasteiger partial charge on any atom is 0.313 e. The Balaban J connectivity index is 3.87. The average molecular weight is 277 g/mol. The Morgan fingerprint density at radius 1 is 1.60 bits per heavy atom. The van der Waals surface area contributed by atoms with Gasteiger partial charge >= 0.3 is 5.97 Å². The third-order valence-electron chi connectivity index (χ3n) is 0.808. The lowest BCUT2D eigenvalue weighted by atomic mass is 9.98. The topological polar surface area (TPSA) is 26.3 Å². The van der Waals surface area contributed by atoms with E-state index in [2.05, 4.69) is 0 Å². The molecule has 0 saturated heterocycles. The van der Waals surface area contributed by atoms with Crippen molar-refractivity contribution in [2.24, 2.45) is 5.41 Å². The zero-order chi connectivity index (χ0) is 8.36. The lowest BCUT2D eigenvalue weighted by Gasteiger charge is -2.16. The molecule has 0 saturated carbocycles. The van der Waals surface area contributed by atoms with Crippen molar-refractivity contribution in [1.82, 2.24) is 0 Å². The quantitative estimate of drug-likeness (QED) is 0.418. The van der Waals surface area contributed by atoms with Crippen molar-refractivity contribution in [1.29, 1.82) is 0 Å². The largest absolute Gasteiger partial charge is 0.436 e. The summed E-state index contributed by atoms with van der Waals surface area (Å²) >= 11 is 7.24. The molecule has 0 rings (SSSR count). The van der Waals surface area contributed by atoms with E-state index in [1.165, 1.54) is 0 Å². The van der Waals surface area contributed by atoms with E-state index in [9.17, 15) is 4.79 Å². The predicted octanol–water partition coefficient (Wildman–Crippen LogP) is 2.53. The molecule has 0 amide bonds. The maximum atomic E-state index is 11.0. The number of ether oxygens (including phenoxy) is 1. The first-order chi connectivity index (χ1) is 4.34. The average Bonchev–Trinajstić information content (AvgIpc) is 1.60. The fourth-order valence-corrected chi connectivity index (χ4v) is 0.570. The summed E-state index contributed by atoms with van der Waals surface area (Å²) in [6.07, 6.45) is 0. The number of carbonyl (C=O) groups excluding carboxylic acids is 1. The summed E-state index contributed by atoms with van der Waals surface area (Å²) in [6.45, 7) is 5.35. The molecule has 0 heterocycles. The van der Waals surface area contributed by atoms with Crippen molar-refractivity contribution in [2.75, 3.05) is 0 Å². The molecule has 0 N–H and O–H groups in total. The summed E-state index contributed by atoms with van der Waals surface area (Å²) in [5, 5.41) is 0. The van der Waals surface area contributed by atoms with Crippen molar-refractivity contribution in [3.05, 3.63) is 0 Å². The summed E-state index contributed by atoms with van der Waals surface area (Å²) in [7, 11) is 0. The second kappa shape index (κ2) is 3.76. The zero-order valence-corrected chi connectivity index (χ0v) is 9.06. The van der Waals surface area contributed by atoms with Crippen molar-refractivity contribution in [2.45, 2.75) is 24.3 Å². The van der Waals surface area contributed by atoms with Gasteiger partial charge in [0, 0.05) is 0 Å². The van der Waals surface area contributed by atoms with E-state index in [-0.39, 0.29) is 5.97 Å². The molecular weight excluding hydrogens is 266 g/mol. The molecule has 4 heteroatoms. The molecule has 0 aliphatic rings. The summed E-state index contributed by atoms with van der Waals surface area (Å²) in [6, 6.07) is 0. The zero-order valence-electron chi connectivity index (χ0n) is 6.15. The van der Waals surface area contributed by atoms with Crippen LogP contribution in [0, 0.1) is 5.41 Å². The normalized spacial score (nSPS) is 14.5. The Kier molecular flexibility index (Phi) is 3.94. The summed E-state index contributed by atoms with van der Waals surface area (Å²) in [4.78, 5) is 11.0. The molecule has 1 unspecified atom stereocenters. The highest BCUT2D eigenvalue weighted by atomic mass is 127. The molecule has 1 atom stereocenters. The fourth-order valence-electron chi connectivity index (χ4n) is 0.258. The van der Waals surface area contributed by atoms with Gasteiger partial charge in [-0.1, -0.05) is 11.6 Å². The fraction of sp³-hybridized carbons (Fsp3) is 0.833. The Morgan fingerprint density at radius 3 is 2.10 bits per heavy atom. The molecule has 10 heavy (non-hydrogen) atoms. The summed E-state index contributed by atoms with van der Waals surface area (Å²) in [5.41, 5.74) is -0.460. The van der Waals surface area contributed by atoms with Crippen LogP contribution in [-0.2, 0) is 9.53 Å². The van der Waals surface area contributed by atoms with Gasteiger partial charge in [-0.2, -0.15) is 0 Å². The molecule has 60 valence electrons. The molecule has 0 radical (unpaired) electrons. The third kappa shape index (κ3) is 4.33. The Hall–Kier alpha value is 0.490. The van der Waals surface area contributed by atoms with Crippen LogP contribution < -0.4 is 0 Å². The van der Waals surface area contributed by atoms with E-state index < -0.39 is 8.98 Å². The van der Waals surface area contributed by atoms with Gasteiger partial charge in [-0.15, -0.1) is 0 Å². The molecule has 0 fully saturated rings. The van der Waals surface area contributed by atoms with Gasteiger partial charge in [-0.05, 0) is 43.4 Å². The van der Waals surface area contributed by atoms with Crippen LogP contribution in [0.4, 0.5) is 0 Å². The number of alkyl halides is 2. The third-order valence-corrected chi connectivity index (χ3v) is 1.15. The van der Waals surface area contributed by atoms with Crippen LogP contribution in [0.15, 0.2) is 0 Å². The van der Waals surface area contributed by atoms with E-state index >= 15 is 0 Å². The minimum absolute atomic E-state index is 0.276. The van der Waals surface area contributed by atoms with Crippen molar-refractivity contribution in [3.8, 4) is 0 Å². The first-order valence-electron chi connectivity index (χ1n) is 2.83. The first-order valence-corrected chi connectivity index (χ1v) is 4.51. The number of esters is 1. The number of hydrogen-bond donors (Lipinski definition) is 0. The van der Waals surface area contributed by atoms with Gasteiger partial charge in [0.15, 0.2) is 0 Å². The monoisotopic (exact) mass is 276 g/mol. The van der Waals surface area contributed by atoms with Crippen LogP contribution in [0.2, 0.25) is 0 Å². The minimum atomic E-state index is -0.565. The van der Waals surface area contributed by atoms with Crippen LogP contribution in [0.25, 0.3) is 0 Å². The molecule has 0 bridgehead atoms. The molecule has 2 nitrogen and oxygen atoms in total. The van der Waals surface area contributed by atoms with Crippen molar-refractivity contribution < 1.29 is 9.53 Å². The highest BCUT2D eigenvalue weighted by molar-refractivity contribution is 14.1. The predicted molar refractivity (Wildman–Crippen MR) is 49.2 cm³/mol. The van der Waals surface area contributed by atoms with Crippen LogP contribution >= 0.6 is 34.2 Å². The SMILES string of the molecule is CC(C)(C)C(=O)OC(Cl)I. The highest BCUT2D eigenvalue weighted by Gasteiger charge is 2.24. The van der Waals surface area contributed by atoms with E-state index in [4.69, 9.17) is 16.3 Å². The number of carbonyl (C=O) groups is 1. The second-order valence-corrected chi connectivity index (χ2v) is 5.18. The van der Waals surface area contributed by atoms with Crippen LogP contribution in [0.3, 0.4) is 0 Å². The van der Waals surface area contributed by atoms with Crippen molar-refractivity contribution in [3.63, 3.8) is 0 Å². The van der Waals surface area contributed by atoms with E-state index in [1.807, 2.05) is 22.6 Å². The standard InChI is InChI=1S/C6H10ClIO2/c1-6(2,3)4(9)10-5(7)8/h5H,1-3H3. The molecule has 0 aromatic heterocycles. The first kappa shape index (κ1) is 10.5. The van der Waals surface area contributed by atoms with Crippen LogP contribution in [-0.4, -0.2) is 9.54 Å². The Morgan fingerprint density at radius 2 is 2.00 bits per heavy atom. The second-order valence-electron chi connectivity index (χ2n) is 2.92. The van der Waals surface area contributed by atoms with Gasteiger partial charge in [0.25, 0.3) is 0 Å². The molecule has 0 aromatic rings. The van der Waals surface area contributed by atoms with Crippen molar-refractivity contribution >= 4 is 40.2 Å².